The predicted molar refractivity (Wildman–Crippen MR) is 129 cm³/mol. The molecule has 0 N–H and O–H groups in total. The van der Waals surface area contributed by atoms with E-state index in [1.54, 1.807) is 18.4 Å². The number of fused-ring (bicyclic) bond motifs is 3. The van der Waals surface area contributed by atoms with Gasteiger partial charge in [0.1, 0.15) is 17.3 Å². The van der Waals surface area contributed by atoms with E-state index < -0.39 is 35.0 Å². The fourth-order valence-corrected chi connectivity index (χ4v) is 6.26. The van der Waals surface area contributed by atoms with Gasteiger partial charge in [0.05, 0.1) is 16.5 Å². The number of ether oxygens (including phenoxy) is 1. The van der Waals surface area contributed by atoms with Crippen LogP contribution in [0.2, 0.25) is 0 Å². The van der Waals surface area contributed by atoms with Gasteiger partial charge in [-0.3, -0.25) is 4.79 Å². The van der Waals surface area contributed by atoms with Crippen LogP contribution < -0.4 is 4.90 Å². The van der Waals surface area contributed by atoms with E-state index in [-0.39, 0.29) is 25.8 Å². The lowest BCUT2D eigenvalue weighted by molar-refractivity contribution is -0.143. The lowest BCUT2D eigenvalue weighted by Crippen LogP contribution is -2.49. The molecule has 2 aliphatic rings. The summed E-state index contributed by atoms with van der Waals surface area (Å²) in [5.41, 5.74) is -2.42. The van der Waals surface area contributed by atoms with Gasteiger partial charge >= 0.3 is 12.4 Å². The Labute approximate surface area is 218 Å². The van der Waals surface area contributed by atoms with E-state index in [1.165, 1.54) is 15.3 Å². The van der Waals surface area contributed by atoms with Crippen LogP contribution in [0.25, 0.3) is 10.2 Å². The molecule has 1 fully saturated rings. The molecule has 0 radical (unpaired) electrons. The second kappa shape index (κ2) is 9.99. The number of thiophene rings is 1. The maximum Gasteiger partial charge on any atom is 0.416 e. The number of nitrogens with zero attached hydrogens (tertiary/aromatic N) is 4. The number of benzene rings is 1. The molecule has 1 aliphatic carbocycles. The zero-order chi connectivity index (χ0) is 27.2. The van der Waals surface area contributed by atoms with Crippen molar-refractivity contribution in [3.8, 4) is 0 Å². The Morgan fingerprint density at radius 1 is 0.947 bits per heavy atom. The first kappa shape index (κ1) is 26.7. The van der Waals surface area contributed by atoms with E-state index in [0.717, 1.165) is 41.7 Å². The van der Waals surface area contributed by atoms with Gasteiger partial charge in [0, 0.05) is 43.7 Å². The second-order valence-corrected chi connectivity index (χ2v) is 10.4. The highest BCUT2D eigenvalue weighted by molar-refractivity contribution is 7.19. The lowest BCUT2D eigenvalue weighted by Gasteiger charge is -2.36. The van der Waals surface area contributed by atoms with E-state index in [0.29, 0.717) is 31.0 Å². The number of piperazine rings is 1. The van der Waals surface area contributed by atoms with Crippen molar-refractivity contribution in [3.63, 3.8) is 0 Å². The number of carbonyl (C=O) groups is 1. The second-order valence-electron chi connectivity index (χ2n) is 9.36. The summed E-state index contributed by atoms with van der Waals surface area (Å²) in [5.74, 6) is 0.379. The normalized spacial score (nSPS) is 16.7. The first-order valence-electron chi connectivity index (χ1n) is 12.1. The molecule has 1 aliphatic heterocycles. The Bertz CT molecular complexity index is 1330. The van der Waals surface area contributed by atoms with Gasteiger partial charge in [-0.1, -0.05) is 0 Å². The quantitative estimate of drug-likeness (QED) is 0.384. The van der Waals surface area contributed by atoms with Crippen LogP contribution in [0.3, 0.4) is 0 Å². The van der Waals surface area contributed by atoms with E-state index in [4.69, 9.17) is 9.72 Å². The minimum absolute atomic E-state index is 0.0220. The van der Waals surface area contributed by atoms with Crippen molar-refractivity contribution in [1.82, 2.24) is 14.9 Å². The summed E-state index contributed by atoms with van der Waals surface area (Å²) in [6.07, 6.45) is -5.96. The smallest absolute Gasteiger partial charge is 0.377 e. The summed E-state index contributed by atoms with van der Waals surface area (Å²) in [5, 5.41) is 0.983. The molecule has 13 heteroatoms. The first-order valence-corrected chi connectivity index (χ1v) is 12.9. The molecule has 204 valence electrons. The summed E-state index contributed by atoms with van der Waals surface area (Å²) in [4.78, 5) is 27.9. The highest BCUT2D eigenvalue weighted by Crippen LogP contribution is 2.40. The fraction of sp³-hybridized carbons (Fsp3) is 0.480. The Hall–Kier alpha value is -2.93. The highest BCUT2D eigenvalue weighted by Gasteiger charge is 2.38. The van der Waals surface area contributed by atoms with Crippen LogP contribution in [0.5, 0.6) is 0 Å². The summed E-state index contributed by atoms with van der Waals surface area (Å²) in [6.45, 7) is 1.10. The molecule has 6 nitrogen and oxygen atoms in total. The summed E-state index contributed by atoms with van der Waals surface area (Å²) in [6, 6.07) is 0.980. The SMILES string of the molecule is COCc1nc(N2CCN(C(=O)c3cc(C(F)(F)F)cc(C(F)(F)F)c3)CC2)c2c3c(sc2n1)CCCC3. The number of rotatable bonds is 4. The zero-order valence-electron chi connectivity index (χ0n) is 20.4. The molecule has 5 rings (SSSR count). The molecular weight excluding hydrogens is 534 g/mol. The number of hydrogen-bond donors (Lipinski definition) is 0. The molecule has 0 atom stereocenters. The van der Waals surface area contributed by atoms with Gasteiger partial charge in [0.15, 0.2) is 5.82 Å². The molecule has 2 aromatic heterocycles. The molecule has 0 spiro atoms. The van der Waals surface area contributed by atoms with Gasteiger partial charge in [-0.05, 0) is 49.4 Å². The van der Waals surface area contributed by atoms with E-state index in [2.05, 4.69) is 4.98 Å². The number of alkyl halides is 6. The Morgan fingerprint density at radius 2 is 1.58 bits per heavy atom. The minimum Gasteiger partial charge on any atom is -0.377 e. The molecule has 1 amide bonds. The van der Waals surface area contributed by atoms with Crippen molar-refractivity contribution >= 4 is 33.3 Å². The Morgan fingerprint density at radius 3 is 2.18 bits per heavy atom. The van der Waals surface area contributed by atoms with Gasteiger partial charge in [-0.15, -0.1) is 11.3 Å². The van der Waals surface area contributed by atoms with Crippen molar-refractivity contribution in [2.45, 2.75) is 44.6 Å². The first-order chi connectivity index (χ1) is 18.0. The number of aromatic nitrogens is 2. The number of amides is 1. The van der Waals surface area contributed by atoms with E-state index in [1.807, 2.05) is 4.90 Å². The topological polar surface area (TPSA) is 58.6 Å². The standard InChI is InChI=1S/C25H24F6N4O2S/c1-37-13-19-32-21(20-17-4-2-3-5-18(17)38-22(20)33-19)34-6-8-35(9-7-34)23(36)14-10-15(24(26,27)28)12-16(11-14)25(29,30)31/h10-12H,2-9,13H2,1H3. The van der Waals surface area contributed by atoms with Crippen molar-refractivity contribution in [3.05, 3.63) is 51.2 Å². The van der Waals surface area contributed by atoms with Crippen LogP contribution in [0, 0.1) is 0 Å². The molecule has 3 heterocycles. The number of halogens is 6. The van der Waals surface area contributed by atoms with Gasteiger partial charge in [-0.25, -0.2) is 9.97 Å². The van der Waals surface area contributed by atoms with Crippen molar-refractivity contribution in [1.29, 1.82) is 0 Å². The monoisotopic (exact) mass is 558 g/mol. The number of methoxy groups -OCH3 is 1. The molecular formula is C25H24F6N4O2S. The van der Waals surface area contributed by atoms with E-state index >= 15 is 0 Å². The average molecular weight is 559 g/mol. The lowest BCUT2D eigenvalue weighted by atomic mass is 9.97. The summed E-state index contributed by atoms with van der Waals surface area (Å²) >= 11 is 1.65. The van der Waals surface area contributed by atoms with Crippen LogP contribution in [-0.4, -0.2) is 54.1 Å². The summed E-state index contributed by atoms with van der Waals surface area (Å²) < 4.78 is 84.9. The predicted octanol–water partition coefficient (Wildman–Crippen LogP) is 5.72. The number of carbonyl (C=O) groups excluding carboxylic acids is 1. The molecule has 0 saturated carbocycles. The molecule has 38 heavy (non-hydrogen) atoms. The van der Waals surface area contributed by atoms with Crippen molar-refractivity contribution < 1.29 is 35.9 Å². The zero-order valence-corrected chi connectivity index (χ0v) is 21.2. The number of aryl methyl sites for hydroxylation is 2. The number of hydrogen-bond acceptors (Lipinski definition) is 6. The van der Waals surface area contributed by atoms with Crippen LogP contribution in [0.15, 0.2) is 18.2 Å². The molecule has 0 bridgehead atoms. The highest BCUT2D eigenvalue weighted by atomic mass is 32.1. The molecule has 1 aromatic carbocycles. The Balaban J connectivity index is 1.41. The maximum absolute atomic E-state index is 13.3. The largest absolute Gasteiger partial charge is 0.416 e. The van der Waals surface area contributed by atoms with Gasteiger partial charge in [-0.2, -0.15) is 26.3 Å². The van der Waals surface area contributed by atoms with E-state index in [9.17, 15) is 31.1 Å². The maximum atomic E-state index is 13.3. The Kier molecular flexibility index (Phi) is 7.01. The van der Waals surface area contributed by atoms with Gasteiger partial charge < -0.3 is 14.5 Å². The van der Waals surface area contributed by atoms with Crippen LogP contribution in [0.4, 0.5) is 32.2 Å². The van der Waals surface area contributed by atoms with Gasteiger partial charge in [0.2, 0.25) is 0 Å². The van der Waals surface area contributed by atoms with Gasteiger partial charge in [0.25, 0.3) is 5.91 Å². The fourth-order valence-electron chi connectivity index (χ4n) is 4.99. The minimum atomic E-state index is -5.02. The molecule has 3 aromatic rings. The van der Waals surface area contributed by atoms with Crippen molar-refractivity contribution in [2.75, 3.05) is 38.2 Å². The van der Waals surface area contributed by atoms with Crippen LogP contribution >= 0.6 is 11.3 Å². The third-order valence-electron chi connectivity index (χ3n) is 6.82. The van der Waals surface area contributed by atoms with Crippen molar-refractivity contribution in [2.24, 2.45) is 0 Å². The molecule has 0 unspecified atom stereocenters. The molecule has 1 saturated heterocycles. The summed E-state index contributed by atoms with van der Waals surface area (Å²) in [7, 11) is 1.55. The average Bonchev–Trinajstić information content (AvgIpc) is 3.25. The number of anilines is 1. The third-order valence-corrected chi connectivity index (χ3v) is 8.00. The third kappa shape index (κ3) is 5.18. The van der Waals surface area contributed by atoms with Crippen LogP contribution in [0.1, 0.15) is 50.6 Å². The van der Waals surface area contributed by atoms with Crippen LogP contribution in [-0.2, 0) is 36.5 Å².